The highest BCUT2D eigenvalue weighted by molar-refractivity contribution is 5.78. The summed E-state index contributed by atoms with van der Waals surface area (Å²) in [7, 11) is 0. The maximum Gasteiger partial charge on any atom is 0.119 e. The summed E-state index contributed by atoms with van der Waals surface area (Å²) in [6.07, 6.45) is 1.23. The Labute approximate surface area is 88.8 Å². The molecule has 0 atom stereocenters. The lowest BCUT2D eigenvalue weighted by atomic mass is 10.1. The van der Waals surface area contributed by atoms with Gasteiger partial charge in [0.05, 0.1) is 18.2 Å². The molecule has 0 aliphatic heterocycles. The molecule has 0 heterocycles. The van der Waals surface area contributed by atoms with Crippen LogP contribution in [0.5, 0.6) is 5.75 Å². The molecule has 1 aromatic rings. The van der Waals surface area contributed by atoms with E-state index < -0.39 is 0 Å². The van der Waals surface area contributed by atoms with Gasteiger partial charge in [-0.15, -0.1) is 0 Å². The Kier molecular flexibility index (Phi) is 3.94. The molecule has 0 spiro atoms. The Morgan fingerprint density at radius 2 is 2.00 bits per heavy atom. The monoisotopic (exact) mass is 198 g/mol. The number of benzene rings is 1. The molecule has 74 valence electrons. The maximum atomic E-state index is 8.78. The highest BCUT2D eigenvalue weighted by Gasteiger charge is 2.00. The number of ether oxygens (including phenoxy) is 1. The minimum absolute atomic E-state index is 0.362. The Bertz CT molecular complexity index is 432. The van der Waals surface area contributed by atoms with Gasteiger partial charge in [-0.05, 0) is 36.8 Å². The normalized spacial score (nSPS) is 10.2. The van der Waals surface area contributed by atoms with Gasteiger partial charge in [0.1, 0.15) is 11.8 Å². The van der Waals surface area contributed by atoms with Crippen LogP contribution in [-0.2, 0) is 0 Å². The molecule has 0 saturated heterocycles. The first-order chi connectivity index (χ1) is 7.31. The number of hydrogen-bond donors (Lipinski definition) is 0. The molecule has 1 rings (SSSR count). The van der Waals surface area contributed by atoms with Crippen LogP contribution >= 0.6 is 0 Å². The third kappa shape index (κ3) is 2.86. The molecule has 0 aliphatic rings. The zero-order valence-corrected chi connectivity index (χ0v) is 8.40. The third-order valence-electron chi connectivity index (χ3n) is 1.81. The zero-order valence-electron chi connectivity index (χ0n) is 8.40. The second-order valence-electron chi connectivity index (χ2n) is 2.76. The van der Waals surface area contributed by atoms with Crippen molar-refractivity contribution in [2.24, 2.45) is 0 Å². The summed E-state index contributed by atoms with van der Waals surface area (Å²) in [5.41, 5.74) is 1.09. The fraction of sp³-hybridized carbons (Fsp3) is 0.167. The van der Waals surface area contributed by atoms with Gasteiger partial charge in [-0.1, -0.05) is 0 Å². The second-order valence-corrected chi connectivity index (χ2v) is 2.76. The molecule has 0 fully saturated rings. The van der Waals surface area contributed by atoms with E-state index in [9.17, 15) is 0 Å². The molecule has 0 unspecified atom stereocenters. The van der Waals surface area contributed by atoms with Crippen molar-refractivity contribution in [3.8, 4) is 17.9 Å². The third-order valence-corrected chi connectivity index (χ3v) is 1.81. The molecule has 15 heavy (non-hydrogen) atoms. The van der Waals surface area contributed by atoms with E-state index in [0.29, 0.717) is 12.2 Å². The van der Waals surface area contributed by atoms with Crippen LogP contribution in [0.15, 0.2) is 30.3 Å². The minimum atomic E-state index is 0.362. The first-order valence-electron chi connectivity index (χ1n) is 4.55. The average Bonchev–Trinajstić information content (AvgIpc) is 2.28. The number of nitriles is 2. The lowest BCUT2D eigenvalue weighted by molar-refractivity contribution is 0.340. The number of rotatable bonds is 3. The maximum absolute atomic E-state index is 8.78. The lowest BCUT2D eigenvalue weighted by Gasteiger charge is -2.03. The SMILES string of the molecule is CCOc1ccc(/C(C#N)=C\C#N)cc1. The van der Waals surface area contributed by atoms with E-state index in [-0.39, 0.29) is 0 Å². The average molecular weight is 198 g/mol. The van der Waals surface area contributed by atoms with E-state index in [1.165, 1.54) is 6.08 Å². The molecule has 0 N–H and O–H groups in total. The molecule has 0 bridgehead atoms. The van der Waals surface area contributed by atoms with Gasteiger partial charge in [-0.3, -0.25) is 0 Å². The highest BCUT2D eigenvalue weighted by atomic mass is 16.5. The van der Waals surface area contributed by atoms with Gasteiger partial charge in [0.15, 0.2) is 0 Å². The Balaban J connectivity index is 2.95. The summed E-state index contributed by atoms with van der Waals surface area (Å²) in [6.45, 7) is 2.52. The van der Waals surface area contributed by atoms with Crippen LogP contribution in [0, 0.1) is 22.7 Å². The fourth-order valence-electron chi connectivity index (χ4n) is 1.14. The van der Waals surface area contributed by atoms with E-state index in [4.69, 9.17) is 15.3 Å². The summed E-state index contributed by atoms with van der Waals surface area (Å²) in [6, 6.07) is 10.9. The summed E-state index contributed by atoms with van der Waals surface area (Å²) in [5, 5.41) is 17.2. The topological polar surface area (TPSA) is 56.8 Å². The van der Waals surface area contributed by atoms with Gasteiger partial charge in [-0.2, -0.15) is 10.5 Å². The van der Waals surface area contributed by atoms with Crippen molar-refractivity contribution in [3.63, 3.8) is 0 Å². The molecule has 3 heteroatoms. The van der Waals surface area contributed by atoms with Gasteiger partial charge < -0.3 is 4.74 Å². The van der Waals surface area contributed by atoms with E-state index in [1.807, 2.05) is 19.1 Å². The molecule has 0 aromatic heterocycles. The van der Waals surface area contributed by atoms with Crippen LogP contribution in [0.1, 0.15) is 12.5 Å². The van der Waals surface area contributed by atoms with Crippen LogP contribution < -0.4 is 4.74 Å². The van der Waals surface area contributed by atoms with Crippen LogP contribution in [0.3, 0.4) is 0 Å². The summed E-state index contributed by atoms with van der Waals surface area (Å²) in [5.74, 6) is 0.760. The van der Waals surface area contributed by atoms with Crippen LogP contribution in [0.25, 0.3) is 5.57 Å². The van der Waals surface area contributed by atoms with Crippen LogP contribution in [0.2, 0.25) is 0 Å². The van der Waals surface area contributed by atoms with Gasteiger partial charge >= 0.3 is 0 Å². The van der Waals surface area contributed by atoms with Gasteiger partial charge in [-0.25, -0.2) is 0 Å². The molecule has 0 amide bonds. The highest BCUT2D eigenvalue weighted by Crippen LogP contribution is 2.17. The Morgan fingerprint density at radius 1 is 1.33 bits per heavy atom. The van der Waals surface area contributed by atoms with Gasteiger partial charge in [0.25, 0.3) is 0 Å². The van der Waals surface area contributed by atoms with E-state index in [0.717, 1.165) is 11.3 Å². The fourth-order valence-corrected chi connectivity index (χ4v) is 1.14. The van der Waals surface area contributed by atoms with Crippen molar-refractivity contribution in [1.29, 1.82) is 10.5 Å². The largest absolute Gasteiger partial charge is 0.494 e. The zero-order chi connectivity index (χ0) is 11.1. The molecular weight excluding hydrogens is 188 g/mol. The quantitative estimate of drug-likeness (QED) is 0.701. The van der Waals surface area contributed by atoms with Crippen molar-refractivity contribution in [3.05, 3.63) is 35.9 Å². The van der Waals surface area contributed by atoms with Crippen molar-refractivity contribution in [1.82, 2.24) is 0 Å². The standard InChI is InChI=1S/C12H10N2O/c1-2-15-12-5-3-10(4-6-12)11(9-14)7-8-13/h3-7H,2H2,1H3/b11-7-. The van der Waals surface area contributed by atoms with E-state index >= 15 is 0 Å². The number of allylic oxidation sites excluding steroid dienone is 2. The predicted molar refractivity (Wildman–Crippen MR) is 56.8 cm³/mol. The second kappa shape index (κ2) is 5.47. The van der Waals surface area contributed by atoms with Crippen LogP contribution in [0.4, 0.5) is 0 Å². The lowest BCUT2D eigenvalue weighted by Crippen LogP contribution is -1.91. The molecule has 0 radical (unpaired) electrons. The summed E-state index contributed by atoms with van der Waals surface area (Å²) < 4.78 is 5.27. The van der Waals surface area contributed by atoms with Gasteiger partial charge in [0.2, 0.25) is 0 Å². The molecule has 3 nitrogen and oxygen atoms in total. The number of nitrogens with zero attached hydrogens (tertiary/aromatic N) is 2. The predicted octanol–water partition coefficient (Wildman–Crippen LogP) is 2.52. The van der Waals surface area contributed by atoms with Crippen LogP contribution in [-0.4, -0.2) is 6.61 Å². The Morgan fingerprint density at radius 3 is 2.47 bits per heavy atom. The smallest absolute Gasteiger partial charge is 0.119 e. The van der Waals surface area contributed by atoms with E-state index in [1.54, 1.807) is 24.3 Å². The molecule has 1 aromatic carbocycles. The van der Waals surface area contributed by atoms with Gasteiger partial charge in [0, 0.05) is 6.08 Å². The van der Waals surface area contributed by atoms with E-state index in [2.05, 4.69) is 0 Å². The summed E-state index contributed by atoms with van der Waals surface area (Å²) >= 11 is 0. The Hall–Kier alpha value is -2.26. The first-order valence-corrected chi connectivity index (χ1v) is 4.55. The molecular formula is C12H10N2O. The van der Waals surface area contributed by atoms with Crippen molar-refractivity contribution < 1.29 is 4.74 Å². The summed E-state index contributed by atoms with van der Waals surface area (Å²) in [4.78, 5) is 0. The minimum Gasteiger partial charge on any atom is -0.494 e. The first kappa shape index (κ1) is 10.8. The van der Waals surface area contributed by atoms with Crippen molar-refractivity contribution in [2.75, 3.05) is 6.61 Å². The molecule has 0 aliphatic carbocycles. The number of hydrogen-bond acceptors (Lipinski definition) is 3. The van der Waals surface area contributed by atoms with Crippen molar-refractivity contribution in [2.45, 2.75) is 6.92 Å². The van der Waals surface area contributed by atoms with Crippen molar-refractivity contribution >= 4 is 5.57 Å². The molecule has 0 saturated carbocycles.